The van der Waals surface area contributed by atoms with E-state index in [9.17, 15) is 14.4 Å². The first-order valence-corrected chi connectivity index (χ1v) is 9.02. The lowest BCUT2D eigenvalue weighted by atomic mass is 9.99. The second kappa shape index (κ2) is 8.10. The molecule has 0 bridgehead atoms. The highest BCUT2D eigenvalue weighted by Gasteiger charge is 2.32. The van der Waals surface area contributed by atoms with E-state index >= 15 is 0 Å². The molecule has 6 heteroatoms. The molecule has 0 radical (unpaired) electrons. The molecule has 2 aromatic carbocycles. The minimum atomic E-state index is -0.520. The van der Waals surface area contributed by atoms with E-state index < -0.39 is 11.8 Å². The average Bonchev–Trinajstić information content (AvgIpc) is 2.69. The zero-order valence-corrected chi connectivity index (χ0v) is 16.1. The molecule has 1 fully saturated rings. The summed E-state index contributed by atoms with van der Waals surface area (Å²) in [5.74, 6) is -0.965. The molecule has 0 aliphatic carbocycles. The minimum absolute atomic E-state index is 0.00650. The van der Waals surface area contributed by atoms with Crippen molar-refractivity contribution < 1.29 is 14.4 Å². The van der Waals surface area contributed by atoms with E-state index in [0.717, 1.165) is 11.1 Å². The fraction of sp³-hybridized carbons (Fsp3) is 0.0909. The van der Waals surface area contributed by atoms with Gasteiger partial charge in [0.05, 0.1) is 0 Å². The number of hydrogen-bond donors (Lipinski definition) is 1. The van der Waals surface area contributed by atoms with Crippen molar-refractivity contribution in [2.45, 2.75) is 6.92 Å². The van der Waals surface area contributed by atoms with Crippen LogP contribution in [-0.2, 0) is 9.59 Å². The van der Waals surface area contributed by atoms with Crippen LogP contribution in [0, 0.1) is 0 Å². The van der Waals surface area contributed by atoms with Gasteiger partial charge < -0.3 is 0 Å². The van der Waals surface area contributed by atoms with Gasteiger partial charge in [-0.05, 0) is 48.0 Å². The van der Waals surface area contributed by atoms with E-state index in [1.807, 2.05) is 42.5 Å². The van der Waals surface area contributed by atoms with Crippen molar-refractivity contribution in [1.82, 2.24) is 10.2 Å². The molecule has 1 aliphatic rings. The summed E-state index contributed by atoms with van der Waals surface area (Å²) in [6.45, 7) is 5.35. The molecular weight excluding hydrogens is 372 g/mol. The SMILES string of the molecule is C=CCN1C(=O)/C(=C/c2ccc(-c3cccc(C(C)=O)c3)cc2)C(=O)NC1=S. The second-order valence-corrected chi connectivity index (χ2v) is 6.67. The van der Waals surface area contributed by atoms with Crippen molar-refractivity contribution >= 4 is 41.0 Å². The van der Waals surface area contributed by atoms with Crippen LogP contribution in [0.5, 0.6) is 0 Å². The largest absolute Gasteiger partial charge is 0.298 e. The van der Waals surface area contributed by atoms with E-state index in [4.69, 9.17) is 12.2 Å². The molecule has 28 heavy (non-hydrogen) atoms. The van der Waals surface area contributed by atoms with Gasteiger partial charge in [0.1, 0.15) is 5.57 Å². The first kappa shape index (κ1) is 19.4. The van der Waals surface area contributed by atoms with E-state index in [1.54, 1.807) is 12.1 Å². The summed E-state index contributed by atoms with van der Waals surface area (Å²) in [6.07, 6.45) is 3.08. The van der Waals surface area contributed by atoms with E-state index in [2.05, 4.69) is 11.9 Å². The minimum Gasteiger partial charge on any atom is -0.298 e. The molecule has 3 rings (SSSR count). The van der Waals surface area contributed by atoms with Crippen LogP contribution in [0.25, 0.3) is 17.2 Å². The van der Waals surface area contributed by atoms with Gasteiger partial charge in [-0.3, -0.25) is 24.6 Å². The Balaban J connectivity index is 1.89. The monoisotopic (exact) mass is 390 g/mol. The number of hydrogen-bond acceptors (Lipinski definition) is 4. The first-order chi connectivity index (χ1) is 13.4. The number of benzene rings is 2. The maximum atomic E-state index is 12.6. The topological polar surface area (TPSA) is 66.5 Å². The van der Waals surface area contributed by atoms with Gasteiger partial charge in [0.25, 0.3) is 11.8 Å². The molecular formula is C22H18N2O3S. The Hall–Kier alpha value is -3.38. The number of thiocarbonyl (C=S) groups is 1. The van der Waals surface area contributed by atoms with Crippen LogP contribution < -0.4 is 5.32 Å². The number of amides is 2. The Morgan fingerprint density at radius 1 is 1.14 bits per heavy atom. The van der Waals surface area contributed by atoms with Gasteiger partial charge in [-0.2, -0.15) is 0 Å². The highest BCUT2D eigenvalue weighted by molar-refractivity contribution is 7.80. The summed E-state index contributed by atoms with van der Waals surface area (Å²) in [7, 11) is 0. The van der Waals surface area contributed by atoms with Gasteiger partial charge >= 0.3 is 0 Å². The molecule has 1 saturated heterocycles. The molecule has 1 N–H and O–H groups in total. The molecule has 140 valence electrons. The van der Waals surface area contributed by atoms with Crippen LogP contribution in [0.15, 0.2) is 66.8 Å². The van der Waals surface area contributed by atoms with Gasteiger partial charge in [0.15, 0.2) is 10.9 Å². The van der Waals surface area contributed by atoms with Crippen molar-refractivity contribution in [2.24, 2.45) is 0 Å². The summed E-state index contributed by atoms with van der Waals surface area (Å²) in [5.41, 5.74) is 3.21. The van der Waals surface area contributed by atoms with Gasteiger partial charge in [-0.15, -0.1) is 6.58 Å². The second-order valence-electron chi connectivity index (χ2n) is 6.28. The number of ketones is 1. The standard InChI is InChI=1S/C22H18N2O3S/c1-3-11-24-21(27)19(20(26)23-22(24)28)12-15-7-9-16(10-8-15)18-6-4-5-17(13-18)14(2)25/h3-10,12-13H,1,11H2,2H3,(H,23,26,28)/b19-12+. The first-order valence-electron chi connectivity index (χ1n) is 8.62. The number of nitrogens with zero attached hydrogens (tertiary/aromatic N) is 1. The van der Waals surface area contributed by atoms with Crippen molar-refractivity contribution in [3.63, 3.8) is 0 Å². The summed E-state index contributed by atoms with van der Waals surface area (Å²) in [4.78, 5) is 37.6. The van der Waals surface area contributed by atoms with Crippen LogP contribution in [0.1, 0.15) is 22.8 Å². The lowest BCUT2D eigenvalue weighted by Crippen LogP contribution is -2.53. The molecule has 1 heterocycles. The number of nitrogens with one attached hydrogen (secondary N) is 1. The predicted octanol–water partition coefficient (Wildman–Crippen LogP) is 3.37. The van der Waals surface area contributed by atoms with Gasteiger partial charge in [0.2, 0.25) is 0 Å². The molecule has 0 atom stereocenters. The third kappa shape index (κ3) is 3.97. The van der Waals surface area contributed by atoms with Crippen LogP contribution in [0.2, 0.25) is 0 Å². The van der Waals surface area contributed by atoms with Gasteiger partial charge in [-0.25, -0.2) is 0 Å². The smallest absolute Gasteiger partial charge is 0.265 e. The third-order valence-electron chi connectivity index (χ3n) is 4.32. The highest BCUT2D eigenvalue weighted by Crippen LogP contribution is 2.23. The molecule has 2 amide bonds. The van der Waals surface area contributed by atoms with Crippen molar-refractivity contribution in [2.75, 3.05) is 6.54 Å². The van der Waals surface area contributed by atoms with Crippen LogP contribution in [0.3, 0.4) is 0 Å². The average molecular weight is 390 g/mol. The lowest BCUT2D eigenvalue weighted by Gasteiger charge is -2.27. The van der Waals surface area contributed by atoms with E-state index in [-0.39, 0.29) is 23.0 Å². The van der Waals surface area contributed by atoms with Crippen LogP contribution >= 0.6 is 12.2 Å². The zero-order valence-electron chi connectivity index (χ0n) is 15.3. The zero-order chi connectivity index (χ0) is 20.3. The fourth-order valence-corrected chi connectivity index (χ4v) is 3.10. The normalized spacial score (nSPS) is 15.5. The number of Topliss-reactive ketones (excluding diaryl/α,β-unsaturated/α-hetero) is 1. The van der Waals surface area contributed by atoms with Crippen molar-refractivity contribution in [3.05, 3.63) is 77.9 Å². The highest BCUT2D eigenvalue weighted by atomic mass is 32.1. The Morgan fingerprint density at radius 2 is 1.86 bits per heavy atom. The molecule has 0 aromatic heterocycles. The fourth-order valence-electron chi connectivity index (χ4n) is 2.85. The Bertz CT molecular complexity index is 1020. The molecule has 0 unspecified atom stereocenters. The van der Waals surface area contributed by atoms with Crippen molar-refractivity contribution in [3.8, 4) is 11.1 Å². The molecule has 2 aromatic rings. The summed E-state index contributed by atoms with van der Waals surface area (Å²) in [5, 5.41) is 2.60. The summed E-state index contributed by atoms with van der Waals surface area (Å²) in [6, 6.07) is 14.8. The van der Waals surface area contributed by atoms with Gasteiger partial charge in [0, 0.05) is 12.1 Å². The molecule has 1 aliphatic heterocycles. The molecule has 0 saturated carbocycles. The Labute approximate surface area is 168 Å². The quantitative estimate of drug-likeness (QED) is 0.279. The van der Waals surface area contributed by atoms with Crippen LogP contribution in [0.4, 0.5) is 0 Å². The number of carbonyl (C=O) groups excluding carboxylic acids is 3. The molecule has 0 spiro atoms. The maximum Gasteiger partial charge on any atom is 0.265 e. The van der Waals surface area contributed by atoms with Gasteiger partial charge in [-0.1, -0.05) is 48.5 Å². The number of rotatable bonds is 5. The Morgan fingerprint density at radius 3 is 2.50 bits per heavy atom. The molecule has 5 nitrogen and oxygen atoms in total. The summed E-state index contributed by atoms with van der Waals surface area (Å²) < 4.78 is 0. The van der Waals surface area contributed by atoms with E-state index in [0.29, 0.717) is 11.1 Å². The predicted molar refractivity (Wildman–Crippen MR) is 113 cm³/mol. The number of carbonyl (C=O) groups is 3. The summed E-state index contributed by atoms with van der Waals surface area (Å²) >= 11 is 5.04. The third-order valence-corrected chi connectivity index (χ3v) is 4.64. The maximum absolute atomic E-state index is 12.6. The van der Waals surface area contributed by atoms with Crippen molar-refractivity contribution in [1.29, 1.82) is 0 Å². The van der Waals surface area contributed by atoms with E-state index in [1.165, 1.54) is 17.9 Å². The van der Waals surface area contributed by atoms with Crippen LogP contribution in [-0.4, -0.2) is 34.2 Å². The lowest BCUT2D eigenvalue weighted by molar-refractivity contribution is -0.128. The Kier molecular flexibility index (Phi) is 5.61.